The summed E-state index contributed by atoms with van der Waals surface area (Å²) in [5, 5.41) is 30.2. The molecule has 44 heavy (non-hydrogen) atoms. The van der Waals surface area contributed by atoms with Gasteiger partial charge in [-0.3, -0.25) is 4.90 Å². The summed E-state index contributed by atoms with van der Waals surface area (Å²) in [5.74, 6) is -0.393. The summed E-state index contributed by atoms with van der Waals surface area (Å²) in [7, 11) is 4.05. The predicted octanol–water partition coefficient (Wildman–Crippen LogP) is 4.28. The van der Waals surface area contributed by atoms with E-state index in [-0.39, 0.29) is 6.29 Å². The smallest absolute Gasteiger partial charge is 0.328 e. The van der Waals surface area contributed by atoms with E-state index in [1.165, 1.54) is 12.8 Å². The number of benzene rings is 2. The van der Waals surface area contributed by atoms with E-state index in [1.54, 1.807) is 12.1 Å². The molecule has 2 aromatic carbocycles. The lowest BCUT2D eigenvalue weighted by Crippen LogP contribution is -2.39. The number of piperidine rings is 1. The van der Waals surface area contributed by atoms with Crippen molar-refractivity contribution >= 4 is 22.9 Å². The minimum Gasteiger partial charge on any atom is -0.478 e. The fourth-order valence-electron chi connectivity index (χ4n) is 5.22. The zero-order valence-corrected chi connectivity index (χ0v) is 25.0. The molecule has 2 aliphatic heterocycles. The van der Waals surface area contributed by atoms with Gasteiger partial charge >= 0.3 is 11.9 Å². The summed E-state index contributed by atoms with van der Waals surface area (Å²) in [6.45, 7) is 5.16. The van der Waals surface area contributed by atoms with Crippen LogP contribution in [0, 0.1) is 17.2 Å². The van der Waals surface area contributed by atoms with Crippen LogP contribution in [-0.2, 0) is 32.0 Å². The Morgan fingerprint density at radius 2 is 1.73 bits per heavy atom. The number of aryl methyl sites for hydroxylation is 1. The Bertz CT molecular complexity index is 1450. The standard InChI is InChI=1S/C28H34N4O4.C4H4O4/c1-31(2)18-24-26(35-22-6-3-21(17-29)4-7-22)10-8-23-25(30-36-28(23)24)9-5-20-11-13-32(14-12-20)19-27-33-15-16-34-27;5-3(6)1-2-4(7)8/h3-4,6-8,10,20,27H,5,9,11-16,18-19H2,1-2H3;1-2H,(H,5,6)(H,7,8). The first-order chi connectivity index (χ1) is 21.2. The van der Waals surface area contributed by atoms with Gasteiger partial charge < -0.3 is 33.8 Å². The summed E-state index contributed by atoms with van der Waals surface area (Å²) in [6.07, 6.45) is 5.46. The van der Waals surface area contributed by atoms with Crippen LogP contribution < -0.4 is 4.74 Å². The van der Waals surface area contributed by atoms with Crippen LogP contribution in [0.25, 0.3) is 11.0 Å². The number of hydrogen-bond acceptors (Lipinski definition) is 10. The van der Waals surface area contributed by atoms with Crippen LogP contribution >= 0.6 is 0 Å². The summed E-state index contributed by atoms with van der Waals surface area (Å²) in [4.78, 5) is 23.7. The highest BCUT2D eigenvalue weighted by molar-refractivity contribution is 5.89. The van der Waals surface area contributed by atoms with Crippen molar-refractivity contribution in [1.82, 2.24) is 15.0 Å². The number of rotatable bonds is 11. The number of carboxylic acids is 2. The Balaban J connectivity index is 0.000000488. The Hall–Kier alpha value is -4.28. The Morgan fingerprint density at radius 3 is 2.32 bits per heavy atom. The summed E-state index contributed by atoms with van der Waals surface area (Å²) < 4.78 is 23.3. The van der Waals surface area contributed by atoms with E-state index in [1.807, 2.05) is 32.3 Å². The van der Waals surface area contributed by atoms with Crippen molar-refractivity contribution in [2.24, 2.45) is 5.92 Å². The molecule has 12 heteroatoms. The number of nitrogens with zero attached hydrogens (tertiary/aromatic N) is 4. The van der Waals surface area contributed by atoms with Gasteiger partial charge in [0, 0.05) is 30.6 Å². The van der Waals surface area contributed by atoms with E-state index in [0.29, 0.717) is 49.1 Å². The highest BCUT2D eigenvalue weighted by Crippen LogP contribution is 2.35. The molecular weight excluding hydrogens is 568 g/mol. The highest BCUT2D eigenvalue weighted by Gasteiger charge is 2.25. The Morgan fingerprint density at radius 1 is 1.07 bits per heavy atom. The van der Waals surface area contributed by atoms with E-state index < -0.39 is 11.9 Å². The van der Waals surface area contributed by atoms with Gasteiger partial charge in [-0.2, -0.15) is 5.26 Å². The van der Waals surface area contributed by atoms with Crippen LogP contribution in [0.15, 0.2) is 53.1 Å². The van der Waals surface area contributed by atoms with Crippen LogP contribution in [0.1, 0.15) is 36.1 Å². The SMILES string of the molecule is CN(C)Cc1c(Oc2ccc(C#N)cc2)ccc2c(CCC3CCN(CC4OCCO4)CC3)noc12.O=C(O)C=CC(=O)O. The van der Waals surface area contributed by atoms with Crippen molar-refractivity contribution in [2.75, 3.05) is 46.9 Å². The van der Waals surface area contributed by atoms with Gasteiger partial charge in [0.1, 0.15) is 11.5 Å². The zero-order valence-electron chi connectivity index (χ0n) is 25.0. The molecule has 3 heterocycles. The molecule has 0 unspecified atom stereocenters. The summed E-state index contributed by atoms with van der Waals surface area (Å²) >= 11 is 0. The van der Waals surface area contributed by atoms with E-state index in [0.717, 1.165) is 60.5 Å². The molecule has 2 saturated heterocycles. The number of ether oxygens (including phenoxy) is 3. The van der Waals surface area contributed by atoms with Crippen LogP contribution in [0.5, 0.6) is 11.5 Å². The molecule has 0 radical (unpaired) electrons. The number of likely N-dealkylation sites (tertiary alicyclic amines) is 1. The quantitative estimate of drug-likeness (QED) is 0.299. The predicted molar refractivity (Wildman–Crippen MR) is 160 cm³/mol. The summed E-state index contributed by atoms with van der Waals surface area (Å²) in [5.41, 5.74) is 3.39. The van der Waals surface area contributed by atoms with E-state index in [4.69, 9.17) is 34.2 Å². The number of carbonyl (C=O) groups is 2. The van der Waals surface area contributed by atoms with Crippen molar-refractivity contribution < 1.29 is 38.5 Å². The lowest BCUT2D eigenvalue weighted by molar-refractivity contribution is -0.134. The van der Waals surface area contributed by atoms with Gasteiger partial charge in [-0.05, 0) is 95.2 Å². The average molecular weight is 607 g/mol. The maximum absolute atomic E-state index is 9.55. The van der Waals surface area contributed by atoms with Crippen molar-refractivity contribution in [3.63, 3.8) is 0 Å². The third-order valence-corrected chi connectivity index (χ3v) is 7.42. The van der Waals surface area contributed by atoms with Crippen molar-refractivity contribution in [3.05, 3.63) is 65.4 Å². The van der Waals surface area contributed by atoms with Gasteiger partial charge in [0.25, 0.3) is 0 Å². The van der Waals surface area contributed by atoms with Crippen molar-refractivity contribution in [2.45, 2.75) is 38.5 Å². The van der Waals surface area contributed by atoms with Crippen molar-refractivity contribution in [3.8, 4) is 17.6 Å². The lowest BCUT2D eigenvalue weighted by Gasteiger charge is -2.32. The third kappa shape index (κ3) is 9.62. The van der Waals surface area contributed by atoms with Gasteiger partial charge in [-0.25, -0.2) is 9.59 Å². The largest absolute Gasteiger partial charge is 0.478 e. The minimum absolute atomic E-state index is 0.0508. The molecule has 0 bridgehead atoms. The molecular formula is C32H38N4O8. The molecule has 0 aliphatic carbocycles. The first-order valence-electron chi connectivity index (χ1n) is 14.5. The normalized spacial score (nSPS) is 16.2. The molecule has 0 atom stereocenters. The second-order valence-electron chi connectivity index (χ2n) is 11.0. The monoisotopic (exact) mass is 606 g/mol. The Kier molecular flexibility index (Phi) is 11.8. The number of fused-ring (bicyclic) bond motifs is 1. The summed E-state index contributed by atoms with van der Waals surface area (Å²) in [6, 6.07) is 13.3. The minimum atomic E-state index is -1.26. The van der Waals surface area contributed by atoms with Gasteiger partial charge in [-0.1, -0.05) is 5.16 Å². The topological polar surface area (TPSA) is 159 Å². The lowest BCUT2D eigenvalue weighted by atomic mass is 9.91. The van der Waals surface area contributed by atoms with E-state index in [2.05, 4.69) is 27.1 Å². The first kappa shape index (κ1) is 32.6. The first-order valence-corrected chi connectivity index (χ1v) is 14.5. The highest BCUT2D eigenvalue weighted by atomic mass is 16.7. The molecule has 2 N–H and O–H groups in total. The fourth-order valence-corrected chi connectivity index (χ4v) is 5.22. The number of hydrogen-bond donors (Lipinski definition) is 2. The molecule has 1 aromatic heterocycles. The van der Waals surface area contributed by atoms with Crippen LogP contribution in [-0.4, -0.2) is 90.3 Å². The molecule has 0 spiro atoms. The molecule has 0 saturated carbocycles. The van der Waals surface area contributed by atoms with Crippen LogP contribution in [0.2, 0.25) is 0 Å². The van der Waals surface area contributed by atoms with Crippen LogP contribution in [0.4, 0.5) is 0 Å². The molecule has 2 fully saturated rings. The molecule has 12 nitrogen and oxygen atoms in total. The van der Waals surface area contributed by atoms with Gasteiger partial charge in [0.2, 0.25) is 0 Å². The number of aliphatic carboxylic acids is 2. The zero-order chi connectivity index (χ0) is 31.5. The van der Waals surface area contributed by atoms with Gasteiger partial charge in [0.05, 0.1) is 36.1 Å². The van der Waals surface area contributed by atoms with Crippen molar-refractivity contribution in [1.29, 1.82) is 5.26 Å². The molecule has 234 valence electrons. The Labute approximate surface area is 256 Å². The maximum Gasteiger partial charge on any atom is 0.328 e. The maximum atomic E-state index is 9.55. The van der Waals surface area contributed by atoms with Gasteiger partial charge in [0.15, 0.2) is 11.9 Å². The third-order valence-electron chi connectivity index (χ3n) is 7.42. The molecule has 5 rings (SSSR count). The second kappa shape index (κ2) is 16.0. The number of carboxylic acid groups (broad SMARTS) is 2. The van der Waals surface area contributed by atoms with E-state index >= 15 is 0 Å². The average Bonchev–Trinajstić information content (AvgIpc) is 3.67. The number of nitriles is 1. The fraction of sp³-hybridized carbons (Fsp3) is 0.438. The molecule has 3 aromatic rings. The molecule has 2 aliphatic rings. The van der Waals surface area contributed by atoms with Crippen LogP contribution in [0.3, 0.4) is 0 Å². The molecule has 0 amide bonds. The van der Waals surface area contributed by atoms with E-state index in [9.17, 15) is 9.59 Å². The van der Waals surface area contributed by atoms with Gasteiger partial charge in [-0.15, -0.1) is 0 Å². The number of aromatic nitrogens is 1. The second-order valence-corrected chi connectivity index (χ2v) is 11.0.